The molecule has 0 saturated carbocycles. The predicted molar refractivity (Wildman–Crippen MR) is 177 cm³/mol. The summed E-state index contributed by atoms with van der Waals surface area (Å²) in [5.74, 6) is 0.162. The second-order valence-electron chi connectivity index (χ2n) is 12.2. The Bertz CT molecular complexity index is 1150. The fourth-order valence-electron chi connectivity index (χ4n) is 4.96. The molecule has 0 atom stereocenters. The third-order valence-electron chi connectivity index (χ3n) is 7.87. The minimum Gasteiger partial charge on any atom is -0.373 e. The number of hydrogen-bond donors (Lipinski definition) is 0. The van der Waals surface area contributed by atoms with Crippen LogP contribution in [0.15, 0.2) is 41.7 Å². The highest BCUT2D eigenvalue weighted by atomic mass is 32.1. The first kappa shape index (κ1) is 35.4. The van der Waals surface area contributed by atoms with Crippen molar-refractivity contribution in [2.45, 2.75) is 100 Å². The van der Waals surface area contributed by atoms with E-state index in [0.717, 1.165) is 49.0 Å². The van der Waals surface area contributed by atoms with Crippen LogP contribution >= 0.6 is 11.3 Å². The van der Waals surface area contributed by atoms with Crippen LogP contribution < -0.4 is 0 Å². The number of pyridine rings is 1. The summed E-state index contributed by atoms with van der Waals surface area (Å²) in [4.78, 5) is 38.2. The molecule has 0 N–H and O–H groups in total. The Kier molecular flexibility index (Phi) is 14.6. The van der Waals surface area contributed by atoms with E-state index in [0.29, 0.717) is 32.4 Å². The average molecular weight is 595 g/mol. The van der Waals surface area contributed by atoms with Crippen molar-refractivity contribution in [3.8, 4) is 0 Å². The molecule has 2 aromatic rings. The Morgan fingerprint density at radius 2 is 1.79 bits per heavy atom. The number of rotatable bonds is 8. The van der Waals surface area contributed by atoms with Gasteiger partial charge in [0.1, 0.15) is 6.29 Å². The molecule has 0 radical (unpaired) electrons. The molecular weight excluding hydrogens is 540 g/mol. The number of thiazole rings is 1. The van der Waals surface area contributed by atoms with Gasteiger partial charge in [0.25, 0.3) is 0 Å². The molecule has 42 heavy (non-hydrogen) atoms. The number of aryl methyl sites for hydroxylation is 1. The van der Waals surface area contributed by atoms with E-state index < -0.39 is 10.8 Å². The molecular formula is C35H54N4O2S. The molecule has 4 rings (SSSR count). The maximum atomic E-state index is 12.7. The zero-order valence-electron chi connectivity index (χ0n) is 27.4. The highest BCUT2D eigenvalue weighted by molar-refractivity contribution is 7.09. The van der Waals surface area contributed by atoms with Gasteiger partial charge in [0.2, 0.25) is 5.91 Å². The number of carbonyl (C=O) groups is 2. The zero-order valence-corrected chi connectivity index (χ0v) is 28.2. The number of unbranched alkanes of at least 4 members (excludes halogenated alkanes) is 1. The Balaban J connectivity index is 0.000000947. The van der Waals surface area contributed by atoms with Gasteiger partial charge in [-0.1, -0.05) is 73.0 Å². The maximum absolute atomic E-state index is 12.7. The first-order valence-electron chi connectivity index (χ1n) is 15.8. The standard InChI is InChI=1S/C29H38N4O2S.C4H10.C2H6/c1-22-25(19-29(21-34)8-14-33(15-9-29)27(35)28(2,3)4)17-24(20-31-22)7-13-32-11-5-23(6-12-32)18-26-30-10-16-36-26;1-3-4-2;1-2/h5,7,10,13,16-17,20-21H,6,8-9,11-12,14-15,18-19H2,1-4H3;3-4H2,1-2H3;1-2H3/b13-7+;;. The quantitative estimate of drug-likeness (QED) is 0.229. The molecule has 0 aromatic carbocycles. The molecule has 0 unspecified atom stereocenters. The molecule has 1 saturated heterocycles. The topological polar surface area (TPSA) is 66.4 Å². The summed E-state index contributed by atoms with van der Waals surface area (Å²) < 4.78 is 0. The highest BCUT2D eigenvalue weighted by Gasteiger charge is 2.38. The van der Waals surface area contributed by atoms with E-state index in [1.54, 1.807) is 11.3 Å². The van der Waals surface area contributed by atoms with E-state index in [2.05, 4.69) is 53.1 Å². The monoisotopic (exact) mass is 594 g/mol. The number of aromatic nitrogens is 2. The van der Waals surface area contributed by atoms with E-state index in [1.165, 1.54) is 23.4 Å². The van der Waals surface area contributed by atoms with Gasteiger partial charge < -0.3 is 14.6 Å². The first-order chi connectivity index (χ1) is 20.1. The van der Waals surface area contributed by atoms with Gasteiger partial charge in [-0.15, -0.1) is 11.3 Å². The Morgan fingerprint density at radius 3 is 2.31 bits per heavy atom. The summed E-state index contributed by atoms with van der Waals surface area (Å²) in [7, 11) is 0. The number of carbonyl (C=O) groups excluding carboxylic acids is 2. The normalized spacial score (nSPS) is 16.6. The molecule has 2 aliphatic rings. The fraction of sp³-hybridized carbons (Fsp3) is 0.600. The molecule has 0 bridgehead atoms. The molecule has 0 aliphatic carbocycles. The summed E-state index contributed by atoms with van der Waals surface area (Å²) in [5, 5.41) is 3.22. The van der Waals surface area contributed by atoms with Crippen molar-refractivity contribution in [1.29, 1.82) is 0 Å². The van der Waals surface area contributed by atoms with Crippen molar-refractivity contribution in [3.05, 3.63) is 63.5 Å². The second-order valence-corrected chi connectivity index (χ2v) is 13.2. The van der Waals surface area contributed by atoms with Gasteiger partial charge in [-0.2, -0.15) is 0 Å². The zero-order chi connectivity index (χ0) is 31.2. The van der Waals surface area contributed by atoms with Gasteiger partial charge in [-0.05, 0) is 62.1 Å². The number of amides is 1. The molecule has 6 nitrogen and oxygen atoms in total. The molecule has 232 valence electrons. The minimum atomic E-state index is -0.436. The summed E-state index contributed by atoms with van der Waals surface area (Å²) in [5.41, 5.74) is 3.76. The molecule has 1 fully saturated rings. The van der Waals surface area contributed by atoms with E-state index in [-0.39, 0.29) is 5.91 Å². The Labute approximate surface area is 259 Å². The van der Waals surface area contributed by atoms with Gasteiger partial charge in [-0.25, -0.2) is 4.98 Å². The van der Waals surface area contributed by atoms with E-state index >= 15 is 0 Å². The molecule has 1 amide bonds. The predicted octanol–water partition coefficient (Wildman–Crippen LogP) is 7.92. The lowest BCUT2D eigenvalue weighted by Crippen LogP contribution is -2.48. The van der Waals surface area contributed by atoms with Crippen LogP contribution in [0.2, 0.25) is 0 Å². The van der Waals surface area contributed by atoms with Crippen LogP contribution in [0.4, 0.5) is 0 Å². The lowest BCUT2D eigenvalue weighted by molar-refractivity contribution is -0.143. The Hall–Kier alpha value is -2.80. The van der Waals surface area contributed by atoms with Crippen LogP contribution in [0.1, 0.15) is 102 Å². The number of aldehydes is 1. The number of nitrogens with zero attached hydrogens (tertiary/aromatic N) is 4. The lowest BCUT2D eigenvalue weighted by Gasteiger charge is -2.40. The number of hydrogen-bond acceptors (Lipinski definition) is 6. The van der Waals surface area contributed by atoms with Crippen LogP contribution in [0, 0.1) is 17.8 Å². The van der Waals surface area contributed by atoms with Gasteiger partial charge in [0.15, 0.2) is 0 Å². The third-order valence-corrected chi connectivity index (χ3v) is 8.65. The van der Waals surface area contributed by atoms with E-state index in [1.807, 2.05) is 64.2 Å². The third kappa shape index (κ3) is 10.8. The number of piperidine rings is 1. The van der Waals surface area contributed by atoms with Crippen LogP contribution in [-0.2, 0) is 22.4 Å². The van der Waals surface area contributed by atoms with Crippen molar-refractivity contribution in [2.75, 3.05) is 26.2 Å². The summed E-state index contributed by atoms with van der Waals surface area (Å²) >= 11 is 1.72. The van der Waals surface area contributed by atoms with Crippen molar-refractivity contribution in [1.82, 2.24) is 19.8 Å². The lowest BCUT2D eigenvalue weighted by atomic mass is 9.74. The second kappa shape index (κ2) is 17.3. The Morgan fingerprint density at radius 1 is 1.10 bits per heavy atom. The van der Waals surface area contributed by atoms with Crippen molar-refractivity contribution in [2.24, 2.45) is 10.8 Å². The van der Waals surface area contributed by atoms with Crippen LogP contribution in [-0.4, -0.2) is 58.1 Å². The van der Waals surface area contributed by atoms with Crippen molar-refractivity contribution in [3.63, 3.8) is 0 Å². The SMILES string of the molecule is CC.CCCC.Cc1ncc(/C=C/N2CC=C(Cc3nccs3)CC2)cc1CC1(C=O)CCN(C(=O)C(C)(C)C)CC1. The molecule has 4 heterocycles. The molecule has 2 aromatic heterocycles. The van der Waals surface area contributed by atoms with Gasteiger partial charge >= 0.3 is 0 Å². The highest BCUT2D eigenvalue weighted by Crippen LogP contribution is 2.35. The molecule has 0 spiro atoms. The maximum Gasteiger partial charge on any atom is 0.227 e. The molecule has 2 aliphatic heterocycles. The first-order valence-corrected chi connectivity index (χ1v) is 16.7. The van der Waals surface area contributed by atoms with Crippen LogP contribution in [0.5, 0.6) is 0 Å². The van der Waals surface area contributed by atoms with E-state index in [4.69, 9.17) is 0 Å². The smallest absolute Gasteiger partial charge is 0.227 e. The van der Waals surface area contributed by atoms with E-state index in [9.17, 15) is 9.59 Å². The average Bonchev–Trinajstić information content (AvgIpc) is 3.52. The largest absolute Gasteiger partial charge is 0.373 e. The summed E-state index contributed by atoms with van der Waals surface area (Å²) in [6, 6.07) is 2.17. The van der Waals surface area contributed by atoms with Gasteiger partial charge in [0.05, 0.1) is 5.01 Å². The summed E-state index contributed by atoms with van der Waals surface area (Å²) in [6.45, 7) is 19.4. The fourth-order valence-corrected chi connectivity index (χ4v) is 5.63. The summed E-state index contributed by atoms with van der Waals surface area (Å²) in [6.07, 6.45) is 18.2. The number of likely N-dealkylation sites (tertiary alicyclic amines) is 1. The van der Waals surface area contributed by atoms with Crippen molar-refractivity contribution >= 4 is 29.6 Å². The van der Waals surface area contributed by atoms with Crippen LogP contribution in [0.25, 0.3) is 6.08 Å². The molecule has 7 heteroatoms. The van der Waals surface area contributed by atoms with Gasteiger partial charge in [-0.3, -0.25) is 9.78 Å². The minimum absolute atomic E-state index is 0.162. The van der Waals surface area contributed by atoms with Crippen LogP contribution in [0.3, 0.4) is 0 Å². The van der Waals surface area contributed by atoms with Crippen molar-refractivity contribution < 1.29 is 9.59 Å². The van der Waals surface area contributed by atoms with Gasteiger partial charge in [0, 0.05) is 66.9 Å².